The molecule has 0 aromatic heterocycles. The van der Waals surface area contributed by atoms with Crippen LogP contribution in [0, 0.1) is 0 Å². The molecule has 15 heavy (non-hydrogen) atoms. The van der Waals surface area contributed by atoms with E-state index in [1.807, 2.05) is 0 Å². The summed E-state index contributed by atoms with van der Waals surface area (Å²) in [7, 11) is 0. The Morgan fingerprint density at radius 3 is 2.60 bits per heavy atom. The fourth-order valence-corrected chi connectivity index (χ4v) is 1.25. The van der Waals surface area contributed by atoms with E-state index < -0.39 is 0 Å². The lowest BCUT2D eigenvalue weighted by Crippen LogP contribution is -2.21. The summed E-state index contributed by atoms with van der Waals surface area (Å²) in [5.74, 6) is 1.04. The van der Waals surface area contributed by atoms with Gasteiger partial charge < -0.3 is 9.84 Å². The molecule has 0 bridgehead atoms. The van der Waals surface area contributed by atoms with Crippen LogP contribution in [0.1, 0.15) is 26.2 Å². The summed E-state index contributed by atoms with van der Waals surface area (Å²) in [5, 5.41) is 12.3. The minimum Gasteiger partial charge on any atom is -0.508 e. The molecule has 2 N–H and O–H groups in total. The number of benzene rings is 1. The molecule has 84 valence electrons. The molecule has 1 rings (SSSR count). The highest BCUT2D eigenvalue weighted by Crippen LogP contribution is 2.15. The average Bonchev–Trinajstić information content (AvgIpc) is 2.26. The molecule has 1 aromatic carbocycles. The number of aromatic hydroxyl groups is 1. The second-order valence-corrected chi connectivity index (χ2v) is 3.49. The van der Waals surface area contributed by atoms with E-state index in [4.69, 9.17) is 9.84 Å². The molecular formula is C12H19NO2. The summed E-state index contributed by atoms with van der Waals surface area (Å²) in [6.07, 6.45) is 3.68. The highest BCUT2D eigenvalue weighted by atomic mass is 16.5. The molecule has 0 saturated heterocycles. The van der Waals surface area contributed by atoms with Crippen LogP contribution in [-0.2, 0) is 0 Å². The van der Waals surface area contributed by atoms with Crippen LogP contribution in [0.4, 0.5) is 0 Å². The van der Waals surface area contributed by atoms with E-state index in [0.717, 1.165) is 12.3 Å². The first kappa shape index (κ1) is 11.9. The third-order valence-electron chi connectivity index (χ3n) is 2.13. The number of ether oxygens (including phenoxy) is 1. The van der Waals surface area contributed by atoms with Gasteiger partial charge in [0.05, 0.1) is 0 Å². The summed E-state index contributed by atoms with van der Waals surface area (Å²) in [5.41, 5.74) is 0. The lowest BCUT2D eigenvalue weighted by Gasteiger charge is -2.07. The molecule has 0 radical (unpaired) electrons. The fraction of sp³-hybridized carbons (Fsp3) is 0.500. The number of phenols is 1. The van der Waals surface area contributed by atoms with Crippen LogP contribution in [0.5, 0.6) is 11.5 Å². The van der Waals surface area contributed by atoms with E-state index in [0.29, 0.717) is 6.73 Å². The van der Waals surface area contributed by atoms with E-state index in [1.165, 1.54) is 19.3 Å². The standard InChI is InChI=1S/C12H19NO2/c1-2-3-4-9-13-10-15-12-7-5-11(14)6-8-12/h5-8,13-14H,2-4,9-10H2,1H3. The zero-order chi connectivity index (χ0) is 10.9. The zero-order valence-electron chi connectivity index (χ0n) is 9.20. The molecule has 0 unspecified atom stereocenters. The third kappa shape index (κ3) is 5.27. The van der Waals surface area contributed by atoms with Gasteiger partial charge in [-0.25, -0.2) is 0 Å². The van der Waals surface area contributed by atoms with Gasteiger partial charge in [-0.1, -0.05) is 19.8 Å². The molecule has 0 spiro atoms. The van der Waals surface area contributed by atoms with Crippen molar-refractivity contribution in [1.29, 1.82) is 0 Å². The molecular weight excluding hydrogens is 190 g/mol. The predicted octanol–water partition coefficient (Wildman–Crippen LogP) is 2.51. The SMILES string of the molecule is CCCCCNCOc1ccc(O)cc1. The van der Waals surface area contributed by atoms with Gasteiger partial charge in [0.2, 0.25) is 0 Å². The first-order valence-corrected chi connectivity index (χ1v) is 5.45. The van der Waals surface area contributed by atoms with Crippen molar-refractivity contribution >= 4 is 0 Å². The lowest BCUT2D eigenvalue weighted by molar-refractivity contribution is 0.282. The second kappa shape index (κ2) is 7.12. The molecule has 0 aliphatic heterocycles. The van der Waals surface area contributed by atoms with Crippen LogP contribution in [0.15, 0.2) is 24.3 Å². The minimum absolute atomic E-state index is 0.262. The van der Waals surface area contributed by atoms with Gasteiger partial charge in [0.25, 0.3) is 0 Å². The van der Waals surface area contributed by atoms with Gasteiger partial charge >= 0.3 is 0 Å². The van der Waals surface area contributed by atoms with Crippen molar-refractivity contribution < 1.29 is 9.84 Å². The van der Waals surface area contributed by atoms with E-state index in [-0.39, 0.29) is 5.75 Å². The van der Waals surface area contributed by atoms with E-state index in [9.17, 15) is 0 Å². The third-order valence-corrected chi connectivity index (χ3v) is 2.13. The van der Waals surface area contributed by atoms with Crippen molar-refractivity contribution in [3.05, 3.63) is 24.3 Å². The van der Waals surface area contributed by atoms with Crippen molar-refractivity contribution in [3.63, 3.8) is 0 Å². The van der Waals surface area contributed by atoms with Crippen LogP contribution >= 0.6 is 0 Å². The van der Waals surface area contributed by atoms with Crippen LogP contribution in [0.25, 0.3) is 0 Å². The summed E-state index contributed by atoms with van der Waals surface area (Å²) in [6.45, 7) is 3.70. The molecule has 0 aliphatic carbocycles. The van der Waals surface area contributed by atoms with Gasteiger partial charge in [0.1, 0.15) is 18.2 Å². The van der Waals surface area contributed by atoms with Gasteiger partial charge in [-0.2, -0.15) is 0 Å². The number of hydrogen-bond donors (Lipinski definition) is 2. The van der Waals surface area contributed by atoms with E-state index in [1.54, 1.807) is 24.3 Å². The van der Waals surface area contributed by atoms with Gasteiger partial charge in [-0.3, -0.25) is 5.32 Å². The number of hydrogen-bond acceptors (Lipinski definition) is 3. The molecule has 3 nitrogen and oxygen atoms in total. The number of nitrogens with one attached hydrogen (secondary N) is 1. The first-order valence-electron chi connectivity index (χ1n) is 5.45. The summed E-state index contributed by atoms with van der Waals surface area (Å²) >= 11 is 0. The topological polar surface area (TPSA) is 41.5 Å². The fourth-order valence-electron chi connectivity index (χ4n) is 1.25. The number of phenolic OH excluding ortho intramolecular Hbond substituents is 1. The van der Waals surface area contributed by atoms with Crippen molar-refractivity contribution in [2.24, 2.45) is 0 Å². The van der Waals surface area contributed by atoms with Crippen LogP contribution in [-0.4, -0.2) is 18.4 Å². The summed E-state index contributed by atoms with van der Waals surface area (Å²) in [6, 6.07) is 6.74. The average molecular weight is 209 g/mol. The Balaban J connectivity index is 2.07. The van der Waals surface area contributed by atoms with Crippen molar-refractivity contribution in [1.82, 2.24) is 5.32 Å². The minimum atomic E-state index is 0.262. The molecule has 3 heteroatoms. The Hall–Kier alpha value is -1.22. The number of rotatable bonds is 7. The maximum Gasteiger partial charge on any atom is 0.139 e. The predicted molar refractivity (Wildman–Crippen MR) is 61.1 cm³/mol. The molecule has 1 aromatic rings. The largest absolute Gasteiger partial charge is 0.508 e. The molecule has 0 heterocycles. The molecule has 0 amide bonds. The normalized spacial score (nSPS) is 10.2. The summed E-state index contributed by atoms with van der Waals surface area (Å²) in [4.78, 5) is 0. The molecule has 0 atom stereocenters. The quantitative estimate of drug-likeness (QED) is 0.535. The Kier molecular flexibility index (Phi) is 5.63. The van der Waals surface area contributed by atoms with Crippen molar-refractivity contribution in [2.45, 2.75) is 26.2 Å². The Morgan fingerprint density at radius 1 is 1.20 bits per heavy atom. The highest BCUT2D eigenvalue weighted by Gasteiger charge is 1.93. The van der Waals surface area contributed by atoms with Crippen molar-refractivity contribution in [3.8, 4) is 11.5 Å². The van der Waals surface area contributed by atoms with Crippen LogP contribution in [0.2, 0.25) is 0 Å². The molecule has 0 saturated carbocycles. The Morgan fingerprint density at radius 2 is 1.93 bits per heavy atom. The van der Waals surface area contributed by atoms with E-state index in [2.05, 4.69) is 12.2 Å². The number of unbranched alkanes of at least 4 members (excludes halogenated alkanes) is 2. The molecule has 0 fully saturated rings. The van der Waals surface area contributed by atoms with Crippen LogP contribution < -0.4 is 10.1 Å². The Labute approximate surface area is 91.1 Å². The monoisotopic (exact) mass is 209 g/mol. The lowest BCUT2D eigenvalue weighted by atomic mass is 10.2. The van der Waals surface area contributed by atoms with Gasteiger partial charge in [0, 0.05) is 0 Å². The summed E-state index contributed by atoms with van der Waals surface area (Å²) < 4.78 is 5.42. The smallest absolute Gasteiger partial charge is 0.139 e. The zero-order valence-corrected chi connectivity index (χ0v) is 9.20. The molecule has 0 aliphatic rings. The van der Waals surface area contributed by atoms with E-state index >= 15 is 0 Å². The van der Waals surface area contributed by atoms with Gasteiger partial charge in [0.15, 0.2) is 0 Å². The Bertz CT molecular complexity index is 259. The van der Waals surface area contributed by atoms with Gasteiger partial charge in [-0.15, -0.1) is 0 Å². The van der Waals surface area contributed by atoms with Crippen LogP contribution in [0.3, 0.4) is 0 Å². The maximum absolute atomic E-state index is 9.05. The van der Waals surface area contributed by atoms with Gasteiger partial charge in [-0.05, 0) is 37.2 Å². The first-order chi connectivity index (χ1) is 7.33. The maximum atomic E-state index is 9.05. The second-order valence-electron chi connectivity index (χ2n) is 3.49. The highest BCUT2D eigenvalue weighted by molar-refractivity contribution is 5.29. The van der Waals surface area contributed by atoms with Crippen molar-refractivity contribution in [2.75, 3.05) is 13.3 Å².